The largest absolute Gasteiger partial charge is 0.309 e. The number of allylic oxidation sites excluding steroid dienone is 1. The van der Waals surface area contributed by atoms with Crippen LogP contribution in [-0.4, -0.2) is 11.6 Å². The zero-order chi connectivity index (χ0) is 35.6. The molecule has 52 heavy (non-hydrogen) atoms. The van der Waals surface area contributed by atoms with E-state index in [-0.39, 0.29) is 33.4 Å². The number of fused-ring (bicyclic) bond motifs is 6. The van der Waals surface area contributed by atoms with Crippen molar-refractivity contribution in [3.05, 3.63) is 165 Å². The van der Waals surface area contributed by atoms with Crippen LogP contribution in [0.15, 0.2) is 115 Å². The van der Waals surface area contributed by atoms with Crippen LogP contribution in [0.3, 0.4) is 0 Å². The molecule has 0 bridgehead atoms. The molecule has 3 nitrogen and oxygen atoms in total. The number of rotatable bonds is 1. The summed E-state index contributed by atoms with van der Waals surface area (Å²) in [4.78, 5) is 30.1. The minimum atomic E-state index is -0.314. The Balaban J connectivity index is 1.18. The van der Waals surface area contributed by atoms with E-state index in [0.29, 0.717) is 11.1 Å². The zero-order valence-electron chi connectivity index (χ0n) is 30.2. The third-order valence-corrected chi connectivity index (χ3v) is 13.0. The van der Waals surface area contributed by atoms with Crippen molar-refractivity contribution in [2.75, 3.05) is 4.90 Å². The molecule has 11 rings (SSSR count). The highest BCUT2D eigenvalue weighted by Gasteiger charge is 2.52. The van der Waals surface area contributed by atoms with Crippen LogP contribution < -0.4 is 4.90 Å². The summed E-state index contributed by atoms with van der Waals surface area (Å²) in [5.41, 5.74) is 13.3. The second-order valence-corrected chi connectivity index (χ2v) is 16.9. The average Bonchev–Trinajstić information content (AvgIpc) is 3.35. The molecule has 1 aliphatic carbocycles. The highest BCUT2D eigenvalue weighted by atomic mass is 16.2. The molecular weight excluding hydrogens is 635 g/mol. The fourth-order valence-corrected chi connectivity index (χ4v) is 10.4. The Bertz CT molecular complexity index is 2860. The van der Waals surface area contributed by atoms with E-state index in [9.17, 15) is 9.59 Å². The van der Waals surface area contributed by atoms with Crippen LogP contribution in [0.25, 0.3) is 38.4 Å². The minimum absolute atomic E-state index is 0.200. The fraction of sp³-hybridized carbons (Fsp3) is 0.184. The van der Waals surface area contributed by atoms with Gasteiger partial charge in [0, 0.05) is 27.4 Å². The van der Waals surface area contributed by atoms with Gasteiger partial charge in [-0.15, -0.1) is 0 Å². The first-order chi connectivity index (χ1) is 24.9. The van der Waals surface area contributed by atoms with Crippen molar-refractivity contribution in [1.82, 2.24) is 0 Å². The molecule has 0 amide bonds. The van der Waals surface area contributed by atoms with Crippen molar-refractivity contribution >= 4 is 67.0 Å². The molecule has 0 N–H and O–H groups in total. The monoisotopic (exact) mass is 671 g/mol. The van der Waals surface area contributed by atoms with E-state index in [1.54, 1.807) is 6.08 Å². The van der Waals surface area contributed by atoms with Crippen molar-refractivity contribution in [1.29, 1.82) is 0 Å². The van der Waals surface area contributed by atoms with Crippen LogP contribution >= 0.6 is 0 Å². The summed E-state index contributed by atoms with van der Waals surface area (Å²) >= 11 is 0. The number of anilines is 3. The van der Waals surface area contributed by atoms with Gasteiger partial charge in [-0.25, -0.2) is 0 Å². The maximum absolute atomic E-state index is 13.7. The number of nitrogens with zero attached hydrogens (tertiary/aromatic N) is 1. The van der Waals surface area contributed by atoms with E-state index in [1.807, 2.05) is 36.4 Å². The third-order valence-electron chi connectivity index (χ3n) is 13.0. The molecule has 4 aliphatic rings. The quantitative estimate of drug-likeness (QED) is 0.129. The number of hydrogen-bond acceptors (Lipinski definition) is 3. The topological polar surface area (TPSA) is 37.4 Å². The molecule has 0 unspecified atom stereocenters. The first-order valence-corrected chi connectivity index (χ1v) is 18.4. The lowest BCUT2D eigenvalue weighted by Gasteiger charge is -2.55. The highest BCUT2D eigenvalue weighted by Crippen LogP contribution is 2.67. The first kappa shape index (κ1) is 29.9. The fourth-order valence-electron chi connectivity index (χ4n) is 10.4. The Labute approximate surface area is 303 Å². The number of Topliss-reactive ketones (excluding diaryl/α,β-unsaturated/α-hetero) is 2. The number of hydrogen-bond donors (Lipinski definition) is 0. The molecule has 0 radical (unpaired) electrons. The Morgan fingerprint density at radius 1 is 0.462 bits per heavy atom. The van der Waals surface area contributed by atoms with Gasteiger partial charge in [-0.05, 0) is 108 Å². The number of ketones is 2. The van der Waals surface area contributed by atoms with E-state index in [1.165, 1.54) is 66.6 Å². The summed E-state index contributed by atoms with van der Waals surface area (Å²) in [7, 11) is 0. The summed E-state index contributed by atoms with van der Waals surface area (Å²) in [5.74, 6) is -0.401. The van der Waals surface area contributed by atoms with Crippen molar-refractivity contribution < 1.29 is 9.59 Å². The van der Waals surface area contributed by atoms with Gasteiger partial charge in [0.2, 0.25) is 0 Å². The van der Waals surface area contributed by atoms with Crippen molar-refractivity contribution in [3.8, 4) is 0 Å². The Kier molecular flexibility index (Phi) is 5.37. The molecular formula is C49H37NO2. The van der Waals surface area contributed by atoms with Gasteiger partial charge < -0.3 is 4.90 Å². The van der Waals surface area contributed by atoms with Crippen molar-refractivity contribution in [3.63, 3.8) is 0 Å². The molecule has 3 heteroatoms. The number of para-hydroxylation sites is 1. The molecule has 7 aromatic rings. The van der Waals surface area contributed by atoms with Gasteiger partial charge in [0.15, 0.2) is 11.6 Å². The maximum Gasteiger partial charge on any atom is 0.197 e. The zero-order valence-corrected chi connectivity index (χ0v) is 30.2. The van der Waals surface area contributed by atoms with Gasteiger partial charge in [0.25, 0.3) is 0 Å². The van der Waals surface area contributed by atoms with E-state index < -0.39 is 0 Å². The number of carbonyl (C=O) groups excluding carboxylic acids is 2. The number of carbonyl (C=O) groups is 2. The van der Waals surface area contributed by atoms with Crippen molar-refractivity contribution in [2.24, 2.45) is 0 Å². The first-order valence-electron chi connectivity index (χ1n) is 18.4. The van der Waals surface area contributed by atoms with Crippen molar-refractivity contribution in [2.45, 2.75) is 57.8 Å². The summed E-state index contributed by atoms with van der Waals surface area (Å²) < 4.78 is 0. The van der Waals surface area contributed by atoms with Crippen LogP contribution in [0, 0.1) is 0 Å². The second-order valence-electron chi connectivity index (χ2n) is 16.9. The Morgan fingerprint density at radius 2 is 0.981 bits per heavy atom. The van der Waals surface area contributed by atoms with Gasteiger partial charge in [0.1, 0.15) is 0 Å². The molecule has 7 aromatic carbocycles. The van der Waals surface area contributed by atoms with E-state index >= 15 is 0 Å². The lowest BCUT2D eigenvalue weighted by molar-refractivity contribution is 0.0990. The van der Waals surface area contributed by atoms with Gasteiger partial charge in [-0.1, -0.05) is 120 Å². The Morgan fingerprint density at radius 3 is 1.63 bits per heavy atom. The minimum Gasteiger partial charge on any atom is -0.309 e. The molecule has 0 aromatic heterocycles. The van der Waals surface area contributed by atoms with Crippen LogP contribution in [0.5, 0.6) is 0 Å². The maximum atomic E-state index is 13.7. The Hall–Kier alpha value is -5.80. The molecule has 0 fully saturated rings. The summed E-state index contributed by atoms with van der Waals surface area (Å²) in [5, 5.41) is 6.83. The van der Waals surface area contributed by atoms with Gasteiger partial charge >= 0.3 is 0 Å². The molecule has 0 spiro atoms. The SMILES string of the molecule is CC1(C)c2cccc3c2N2c4c(cc5ccccc5c4C3(C)C)C(C)(C)c3c2c1cc1cc(C=C2C(=O)c4cc5ccccc5cc4C2=O)ccc31. The van der Waals surface area contributed by atoms with E-state index in [0.717, 1.165) is 21.7 Å². The van der Waals surface area contributed by atoms with E-state index in [4.69, 9.17) is 0 Å². The van der Waals surface area contributed by atoms with Gasteiger partial charge in [-0.2, -0.15) is 0 Å². The van der Waals surface area contributed by atoms with Crippen LogP contribution in [0.2, 0.25) is 0 Å². The summed E-state index contributed by atoms with van der Waals surface area (Å²) in [6.45, 7) is 14.3. The van der Waals surface area contributed by atoms with Gasteiger partial charge in [0.05, 0.1) is 22.6 Å². The predicted octanol–water partition coefficient (Wildman–Crippen LogP) is 12.0. The summed E-state index contributed by atoms with van der Waals surface area (Å²) in [6.07, 6.45) is 1.80. The molecule has 3 aliphatic heterocycles. The predicted molar refractivity (Wildman–Crippen MR) is 213 cm³/mol. The molecule has 0 saturated heterocycles. The normalized spacial score (nSPS) is 17.9. The molecule has 250 valence electrons. The third kappa shape index (κ3) is 3.42. The highest BCUT2D eigenvalue weighted by molar-refractivity contribution is 6.42. The lowest BCUT2D eigenvalue weighted by atomic mass is 9.59. The lowest BCUT2D eigenvalue weighted by Crippen LogP contribution is -2.43. The van der Waals surface area contributed by atoms with E-state index in [2.05, 4.69) is 119 Å². The average molecular weight is 672 g/mol. The molecule has 3 heterocycles. The molecule has 0 saturated carbocycles. The second kappa shape index (κ2) is 9.35. The number of benzene rings is 7. The van der Waals surface area contributed by atoms with Crippen LogP contribution in [0.1, 0.15) is 101 Å². The van der Waals surface area contributed by atoms with Crippen LogP contribution in [-0.2, 0) is 16.2 Å². The standard InChI is InChI=1S/C49H37NO2/c1-47(2)36-16-11-17-37-42(36)50-43-38(47)25-30-20-26(21-35-45(51)33-22-27-12-7-8-13-28(27)23-34(33)46(35)52)18-19-32(30)41(43)49(5,6)39-24-29-14-9-10-15-31(29)40(44(39)50)48(37,3)4/h7-25H,1-6H3. The van der Waals surface area contributed by atoms with Gasteiger partial charge in [-0.3, -0.25) is 9.59 Å². The smallest absolute Gasteiger partial charge is 0.197 e. The summed E-state index contributed by atoms with van der Waals surface area (Å²) in [6, 6.07) is 38.7. The van der Waals surface area contributed by atoms with Crippen LogP contribution in [0.4, 0.5) is 17.1 Å². The molecule has 0 atom stereocenters.